The second-order valence-electron chi connectivity index (χ2n) is 8.23. The minimum absolute atomic E-state index is 0.841. The molecule has 0 aliphatic rings. The van der Waals surface area contributed by atoms with Crippen LogP contribution >= 0.6 is 0 Å². The smallest absolute Gasteiger partial charge is 0.0221 e. The van der Waals surface area contributed by atoms with E-state index >= 15 is 0 Å². The predicted molar refractivity (Wildman–Crippen MR) is 135 cm³/mol. The van der Waals surface area contributed by atoms with Crippen molar-refractivity contribution in [3.63, 3.8) is 0 Å². The van der Waals surface area contributed by atoms with Crippen molar-refractivity contribution in [2.75, 3.05) is 0 Å². The molecule has 32 heavy (non-hydrogen) atoms. The van der Waals surface area contributed by atoms with Crippen LogP contribution in [-0.2, 0) is 26.2 Å². The maximum Gasteiger partial charge on any atom is 0.0221 e. The molecule has 0 unspecified atom stereocenters. The van der Waals surface area contributed by atoms with Crippen molar-refractivity contribution in [1.29, 1.82) is 0 Å². The van der Waals surface area contributed by atoms with Gasteiger partial charge in [-0.15, -0.1) is 0 Å². The van der Waals surface area contributed by atoms with Crippen LogP contribution in [0, 0.1) is 0 Å². The largest absolute Gasteiger partial charge is 0.309 e. The van der Waals surface area contributed by atoms with Crippen LogP contribution < -0.4 is 10.6 Å². The first-order valence-electron chi connectivity index (χ1n) is 11.3. The summed E-state index contributed by atoms with van der Waals surface area (Å²) >= 11 is 0. The summed E-state index contributed by atoms with van der Waals surface area (Å²) in [5.74, 6) is 0. The predicted octanol–water partition coefficient (Wildman–Crippen LogP) is 6.57. The summed E-state index contributed by atoms with van der Waals surface area (Å²) < 4.78 is 0. The highest BCUT2D eigenvalue weighted by molar-refractivity contribution is 6.05. The van der Waals surface area contributed by atoms with Crippen LogP contribution in [-0.4, -0.2) is 0 Å². The molecule has 0 radical (unpaired) electrons. The van der Waals surface area contributed by atoms with E-state index in [9.17, 15) is 0 Å². The number of hydrogen-bond donors (Lipinski definition) is 2. The van der Waals surface area contributed by atoms with Crippen molar-refractivity contribution in [3.05, 3.63) is 131 Å². The molecule has 2 N–H and O–H groups in total. The first kappa shape index (κ1) is 20.4. The van der Waals surface area contributed by atoms with Gasteiger partial charge < -0.3 is 10.6 Å². The summed E-state index contributed by atoms with van der Waals surface area (Å²) in [4.78, 5) is 0. The summed E-state index contributed by atoms with van der Waals surface area (Å²) in [6.07, 6.45) is 0. The monoisotopic (exact) mass is 416 g/mol. The Balaban J connectivity index is 1.47. The van der Waals surface area contributed by atoms with Gasteiger partial charge in [-0.2, -0.15) is 0 Å². The Kier molecular flexibility index (Phi) is 6.25. The summed E-state index contributed by atoms with van der Waals surface area (Å²) in [5, 5.41) is 12.7. The SMILES string of the molecule is c1ccc(CNCc2c3ccccc3c(CNCc3ccccc3)c3ccccc23)cc1. The van der Waals surface area contributed by atoms with E-state index in [4.69, 9.17) is 0 Å². The molecular formula is C30H28N2. The summed E-state index contributed by atoms with van der Waals surface area (Å²) in [5.41, 5.74) is 5.36. The van der Waals surface area contributed by atoms with Crippen LogP contribution in [0.4, 0.5) is 0 Å². The van der Waals surface area contributed by atoms with Gasteiger partial charge in [0.2, 0.25) is 0 Å². The first-order chi connectivity index (χ1) is 15.9. The third-order valence-electron chi connectivity index (χ3n) is 6.10. The van der Waals surface area contributed by atoms with Crippen LogP contribution in [0.3, 0.4) is 0 Å². The lowest BCUT2D eigenvalue weighted by Gasteiger charge is -2.18. The van der Waals surface area contributed by atoms with E-state index in [2.05, 4.69) is 120 Å². The van der Waals surface area contributed by atoms with Crippen molar-refractivity contribution in [3.8, 4) is 0 Å². The Labute approximate surface area is 189 Å². The van der Waals surface area contributed by atoms with E-state index in [0.29, 0.717) is 0 Å². The van der Waals surface area contributed by atoms with Gasteiger partial charge in [-0.1, -0.05) is 109 Å². The minimum atomic E-state index is 0.841. The number of fused-ring (bicyclic) bond motifs is 2. The topological polar surface area (TPSA) is 24.1 Å². The fraction of sp³-hybridized carbons (Fsp3) is 0.133. The molecule has 5 aromatic rings. The molecule has 0 fully saturated rings. The molecule has 5 rings (SSSR count). The molecule has 2 nitrogen and oxygen atoms in total. The molecule has 0 amide bonds. The second-order valence-corrected chi connectivity index (χ2v) is 8.23. The summed E-state index contributed by atoms with van der Waals surface area (Å²) in [7, 11) is 0. The van der Waals surface area contributed by atoms with Crippen molar-refractivity contribution in [2.24, 2.45) is 0 Å². The average molecular weight is 417 g/mol. The van der Waals surface area contributed by atoms with Crippen LogP contribution in [0.15, 0.2) is 109 Å². The Bertz CT molecular complexity index is 1150. The van der Waals surface area contributed by atoms with Gasteiger partial charge in [0.25, 0.3) is 0 Å². The lowest BCUT2D eigenvalue weighted by Crippen LogP contribution is -2.15. The molecule has 0 spiro atoms. The van der Waals surface area contributed by atoms with E-state index in [1.54, 1.807) is 0 Å². The highest BCUT2D eigenvalue weighted by Crippen LogP contribution is 2.33. The van der Waals surface area contributed by atoms with Crippen molar-refractivity contribution in [1.82, 2.24) is 10.6 Å². The van der Waals surface area contributed by atoms with Crippen molar-refractivity contribution < 1.29 is 0 Å². The average Bonchev–Trinajstić information content (AvgIpc) is 2.86. The van der Waals surface area contributed by atoms with Gasteiger partial charge in [0, 0.05) is 26.2 Å². The number of nitrogens with one attached hydrogen (secondary N) is 2. The fourth-order valence-electron chi connectivity index (χ4n) is 4.55. The van der Waals surface area contributed by atoms with Gasteiger partial charge in [0.15, 0.2) is 0 Å². The van der Waals surface area contributed by atoms with E-state index in [-0.39, 0.29) is 0 Å². The molecule has 0 saturated carbocycles. The fourth-order valence-corrected chi connectivity index (χ4v) is 4.55. The standard InChI is InChI=1S/C30H28N2/c1-3-11-23(12-4-1)19-31-21-29-25-15-7-9-17-27(25)30(28-18-10-8-16-26(28)29)22-32-20-24-13-5-2-6-14-24/h1-18,31-32H,19-22H2. The molecule has 0 bridgehead atoms. The normalized spacial score (nSPS) is 11.2. The highest BCUT2D eigenvalue weighted by atomic mass is 14.9. The van der Waals surface area contributed by atoms with Crippen LogP contribution in [0.2, 0.25) is 0 Å². The Morgan fingerprint density at radius 2 is 0.656 bits per heavy atom. The van der Waals surface area contributed by atoms with Crippen molar-refractivity contribution in [2.45, 2.75) is 26.2 Å². The van der Waals surface area contributed by atoms with Gasteiger partial charge in [-0.05, 0) is 43.8 Å². The molecule has 5 aromatic carbocycles. The Morgan fingerprint density at radius 1 is 0.344 bits per heavy atom. The molecule has 2 heteroatoms. The van der Waals surface area contributed by atoms with Crippen LogP contribution in [0.5, 0.6) is 0 Å². The van der Waals surface area contributed by atoms with E-state index < -0.39 is 0 Å². The zero-order valence-electron chi connectivity index (χ0n) is 18.2. The summed E-state index contributed by atoms with van der Waals surface area (Å²) in [6.45, 7) is 3.41. The third-order valence-corrected chi connectivity index (χ3v) is 6.10. The first-order valence-corrected chi connectivity index (χ1v) is 11.3. The highest BCUT2D eigenvalue weighted by Gasteiger charge is 2.13. The lowest BCUT2D eigenvalue weighted by atomic mass is 9.91. The molecule has 0 aliphatic carbocycles. The maximum absolute atomic E-state index is 3.67. The molecule has 0 atom stereocenters. The molecular weight excluding hydrogens is 388 g/mol. The van der Waals surface area contributed by atoms with Gasteiger partial charge in [-0.25, -0.2) is 0 Å². The summed E-state index contributed by atoms with van der Waals surface area (Å²) in [6, 6.07) is 38.9. The van der Waals surface area contributed by atoms with E-state index in [1.165, 1.54) is 43.8 Å². The van der Waals surface area contributed by atoms with Gasteiger partial charge in [-0.3, -0.25) is 0 Å². The third kappa shape index (κ3) is 4.43. The molecule has 0 aromatic heterocycles. The number of rotatable bonds is 8. The Morgan fingerprint density at radius 3 is 1.00 bits per heavy atom. The van der Waals surface area contributed by atoms with Gasteiger partial charge >= 0.3 is 0 Å². The van der Waals surface area contributed by atoms with Crippen LogP contribution in [0.1, 0.15) is 22.3 Å². The van der Waals surface area contributed by atoms with Crippen molar-refractivity contribution >= 4 is 21.5 Å². The maximum atomic E-state index is 3.67. The Hall–Kier alpha value is -3.46. The van der Waals surface area contributed by atoms with Gasteiger partial charge in [0.1, 0.15) is 0 Å². The molecule has 0 saturated heterocycles. The van der Waals surface area contributed by atoms with E-state index in [0.717, 1.165) is 26.2 Å². The van der Waals surface area contributed by atoms with E-state index in [1.807, 2.05) is 0 Å². The zero-order chi connectivity index (χ0) is 21.6. The zero-order valence-corrected chi connectivity index (χ0v) is 18.2. The quantitative estimate of drug-likeness (QED) is 0.279. The van der Waals surface area contributed by atoms with Gasteiger partial charge in [0.05, 0.1) is 0 Å². The minimum Gasteiger partial charge on any atom is -0.309 e. The lowest BCUT2D eigenvalue weighted by molar-refractivity contribution is 0.695. The van der Waals surface area contributed by atoms with Crippen LogP contribution in [0.25, 0.3) is 21.5 Å². The molecule has 158 valence electrons. The number of benzene rings is 5. The molecule has 0 heterocycles. The number of hydrogen-bond acceptors (Lipinski definition) is 2. The molecule has 0 aliphatic heterocycles. The second kappa shape index (κ2) is 9.78.